The molecule has 22 heavy (non-hydrogen) atoms. The smallest absolute Gasteiger partial charge is 0.315 e. The molecule has 1 amide bonds. The zero-order valence-electron chi connectivity index (χ0n) is 12.9. The summed E-state index contributed by atoms with van der Waals surface area (Å²) in [5.41, 5.74) is -0.368. The first-order chi connectivity index (χ1) is 10.5. The van der Waals surface area contributed by atoms with Crippen LogP contribution in [0.1, 0.15) is 38.2 Å². The van der Waals surface area contributed by atoms with E-state index in [9.17, 15) is 14.7 Å². The van der Waals surface area contributed by atoms with E-state index in [1.165, 1.54) is 12.8 Å². The quantitative estimate of drug-likeness (QED) is 0.878. The van der Waals surface area contributed by atoms with Gasteiger partial charge in [0, 0.05) is 12.5 Å². The third-order valence-electron chi connectivity index (χ3n) is 5.46. The molecule has 2 aliphatic carbocycles. The molecule has 4 nitrogen and oxygen atoms in total. The van der Waals surface area contributed by atoms with Crippen LogP contribution in [0.4, 0.5) is 0 Å². The lowest BCUT2D eigenvalue weighted by Crippen LogP contribution is -2.45. The van der Waals surface area contributed by atoms with Crippen molar-refractivity contribution in [1.82, 2.24) is 5.32 Å². The molecule has 3 rings (SSSR count). The van der Waals surface area contributed by atoms with Gasteiger partial charge >= 0.3 is 5.97 Å². The van der Waals surface area contributed by atoms with Gasteiger partial charge in [-0.15, -0.1) is 0 Å². The van der Waals surface area contributed by atoms with Crippen LogP contribution in [-0.4, -0.2) is 23.5 Å². The monoisotopic (exact) mass is 301 g/mol. The van der Waals surface area contributed by atoms with E-state index in [1.807, 2.05) is 18.2 Å². The van der Waals surface area contributed by atoms with Crippen LogP contribution in [0.5, 0.6) is 0 Å². The number of carbonyl (C=O) groups is 2. The first kappa shape index (κ1) is 15.1. The number of aliphatic carboxylic acids is 1. The Morgan fingerprint density at radius 1 is 1.18 bits per heavy atom. The normalized spacial score (nSPS) is 29.0. The molecule has 2 saturated carbocycles. The molecule has 0 heterocycles. The number of carboxylic acid groups (broad SMARTS) is 1. The third kappa shape index (κ3) is 2.62. The van der Waals surface area contributed by atoms with Crippen molar-refractivity contribution in [3.05, 3.63) is 35.9 Å². The number of hydrogen-bond donors (Lipinski definition) is 2. The van der Waals surface area contributed by atoms with Crippen molar-refractivity contribution in [3.8, 4) is 0 Å². The topological polar surface area (TPSA) is 66.4 Å². The van der Waals surface area contributed by atoms with Crippen LogP contribution in [0.25, 0.3) is 0 Å². The summed E-state index contributed by atoms with van der Waals surface area (Å²) in [5.74, 6) is 0.340. The number of rotatable bonds is 5. The fourth-order valence-electron chi connectivity index (χ4n) is 3.87. The van der Waals surface area contributed by atoms with Gasteiger partial charge in [-0.25, -0.2) is 0 Å². The van der Waals surface area contributed by atoms with E-state index in [-0.39, 0.29) is 18.4 Å². The summed E-state index contributed by atoms with van der Waals surface area (Å²) in [5, 5.41) is 12.5. The van der Waals surface area contributed by atoms with E-state index >= 15 is 0 Å². The lowest BCUT2D eigenvalue weighted by Gasteiger charge is -2.25. The molecule has 3 unspecified atom stereocenters. The molecule has 3 atom stereocenters. The maximum absolute atomic E-state index is 12.4. The van der Waals surface area contributed by atoms with Crippen LogP contribution >= 0.6 is 0 Å². The van der Waals surface area contributed by atoms with Crippen LogP contribution in [0.3, 0.4) is 0 Å². The summed E-state index contributed by atoms with van der Waals surface area (Å²) in [6, 6.07) is 9.12. The second-order valence-corrected chi connectivity index (χ2v) is 6.86. The number of amides is 1. The molecule has 0 saturated heterocycles. The van der Waals surface area contributed by atoms with Crippen molar-refractivity contribution in [1.29, 1.82) is 0 Å². The lowest BCUT2D eigenvalue weighted by molar-refractivity contribution is -0.143. The fraction of sp³-hybridized carbons (Fsp3) is 0.556. The number of nitrogens with one attached hydrogen (secondary N) is 1. The average Bonchev–Trinajstić information content (AvgIpc) is 3.27. The van der Waals surface area contributed by atoms with Crippen LogP contribution in [0.15, 0.2) is 30.3 Å². The molecule has 2 aliphatic rings. The minimum Gasteiger partial charge on any atom is -0.481 e. The highest BCUT2D eigenvalue weighted by atomic mass is 16.4. The zero-order valence-corrected chi connectivity index (χ0v) is 12.9. The Balaban J connectivity index is 1.65. The van der Waals surface area contributed by atoms with Gasteiger partial charge < -0.3 is 10.4 Å². The molecule has 118 valence electrons. The van der Waals surface area contributed by atoms with E-state index in [2.05, 4.69) is 5.32 Å². The van der Waals surface area contributed by atoms with Crippen molar-refractivity contribution in [2.45, 2.75) is 38.0 Å². The molecule has 0 aliphatic heterocycles. The average molecular weight is 301 g/mol. The van der Waals surface area contributed by atoms with Gasteiger partial charge in [-0.3, -0.25) is 9.59 Å². The first-order valence-electron chi connectivity index (χ1n) is 8.10. The fourth-order valence-corrected chi connectivity index (χ4v) is 3.87. The molecule has 0 aromatic heterocycles. The van der Waals surface area contributed by atoms with Gasteiger partial charge in [-0.1, -0.05) is 43.2 Å². The lowest BCUT2D eigenvalue weighted by atomic mass is 9.82. The highest BCUT2D eigenvalue weighted by molar-refractivity contribution is 5.85. The molecule has 0 spiro atoms. The number of carbonyl (C=O) groups excluding carboxylic acids is 1. The Bertz CT molecular complexity index is 559. The molecule has 2 fully saturated rings. The summed E-state index contributed by atoms with van der Waals surface area (Å²) in [6.07, 6.45) is 4.75. The summed E-state index contributed by atoms with van der Waals surface area (Å²) in [7, 11) is 0. The Hall–Kier alpha value is -1.84. The number of benzene rings is 1. The van der Waals surface area contributed by atoms with Gasteiger partial charge in [-0.2, -0.15) is 0 Å². The standard InChI is InChI=1S/C18H23NO3/c1-18(17(21)22,12-7-3-2-4-8-12)11-19-16(20)15-13-9-5-6-10-14(13)15/h2-4,7-8,13-15H,5-6,9-11H2,1H3,(H,19,20)(H,21,22). The second-order valence-electron chi connectivity index (χ2n) is 6.86. The molecule has 2 N–H and O–H groups in total. The molecule has 4 heteroatoms. The highest BCUT2D eigenvalue weighted by Gasteiger charge is 2.54. The third-order valence-corrected chi connectivity index (χ3v) is 5.46. The second kappa shape index (κ2) is 5.75. The Morgan fingerprint density at radius 3 is 2.32 bits per heavy atom. The van der Waals surface area contributed by atoms with Crippen LogP contribution in [0.2, 0.25) is 0 Å². The highest BCUT2D eigenvalue weighted by Crippen LogP contribution is 2.55. The maximum atomic E-state index is 12.4. The van der Waals surface area contributed by atoms with Gasteiger partial charge in [0.15, 0.2) is 0 Å². The SMILES string of the molecule is CC(CNC(=O)C1C2CCCCC21)(C(=O)O)c1ccccc1. The summed E-state index contributed by atoms with van der Waals surface area (Å²) in [4.78, 5) is 24.1. The van der Waals surface area contributed by atoms with Gasteiger partial charge in [0.25, 0.3) is 0 Å². The predicted molar refractivity (Wildman–Crippen MR) is 83.4 cm³/mol. The van der Waals surface area contributed by atoms with Crippen molar-refractivity contribution in [3.63, 3.8) is 0 Å². The van der Waals surface area contributed by atoms with E-state index in [1.54, 1.807) is 19.1 Å². The van der Waals surface area contributed by atoms with Crippen LogP contribution < -0.4 is 5.32 Å². The van der Waals surface area contributed by atoms with Crippen LogP contribution in [-0.2, 0) is 15.0 Å². The molecule has 1 aromatic rings. The Labute approximate surface area is 130 Å². The van der Waals surface area contributed by atoms with E-state index < -0.39 is 11.4 Å². The van der Waals surface area contributed by atoms with Gasteiger partial charge in [-0.05, 0) is 37.2 Å². The Morgan fingerprint density at radius 2 is 1.77 bits per heavy atom. The van der Waals surface area contributed by atoms with Crippen molar-refractivity contribution in [2.75, 3.05) is 6.54 Å². The maximum Gasteiger partial charge on any atom is 0.315 e. The summed E-state index contributed by atoms with van der Waals surface area (Å²) < 4.78 is 0. The van der Waals surface area contributed by atoms with E-state index in [0.29, 0.717) is 11.8 Å². The zero-order chi connectivity index (χ0) is 15.7. The number of hydrogen-bond acceptors (Lipinski definition) is 2. The number of carboxylic acids is 1. The molecule has 0 bridgehead atoms. The number of fused-ring (bicyclic) bond motifs is 1. The van der Waals surface area contributed by atoms with Crippen molar-refractivity contribution >= 4 is 11.9 Å². The van der Waals surface area contributed by atoms with Gasteiger partial charge in [0.2, 0.25) is 5.91 Å². The van der Waals surface area contributed by atoms with Crippen molar-refractivity contribution < 1.29 is 14.7 Å². The summed E-state index contributed by atoms with van der Waals surface area (Å²) in [6.45, 7) is 1.81. The molecular weight excluding hydrogens is 278 g/mol. The van der Waals surface area contributed by atoms with E-state index in [4.69, 9.17) is 0 Å². The molecular formula is C18H23NO3. The minimum atomic E-state index is -1.09. The summed E-state index contributed by atoms with van der Waals surface area (Å²) >= 11 is 0. The van der Waals surface area contributed by atoms with Crippen LogP contribution in [0, 0.1) is 17.8 Å². The predicted octanol–water partition coefficient (Wildman–Crippen LogP) is 2.58. The largest absolute Gasteiger partial charge is 0.481 e. The van der Waals surface area contributed by atoms with E-state index in [0.717, 1.165) is 18.4 Å². The molecule has 0 radical (unpaired) electrons. The van der Waals surface area contributed by atoms with Crippen molar-refractivity contribution in [2.24, 2.45) is 17.8 Å². The molecule has 1 aromatic carbocycles. The van der Waals surface area contributed by atoms with Gasteiger partial charge in [0.1, 0.15) is 5.41 Å². The van der Waals surface area contributed by atoms with Gasteiger partial charge in [0.05, 0.1) is 0 Å². The minimum absolute atomic E-state index is 0.0420. The Kier molecular flexibility index (Phi) is 3.94. The first-order valence-corrected chi connectivity index (χ1v) is 8.10.